The number of unbranched alkanes of at least 4 members (excludes halogenated alkanes) is 42. The highest BCUT2D eigenvalue weighted by atomic mass is 16.5. The number of hydrogen-bond acceptors (Lipinski definition) is 5. The van der Waals surface area contributed by atoms with Crippen molar-refractivity contribution in [1.82, 2.24) is 5.32 Å². The molecule has 0 heterocycles. The fraction of sp³-hybridized carbons (Fsp3) is 0.903. The third-order valence-corrected chi connectivity index (χ3v) is 14.2. The van der Waals surface area contributed by atoms with Gasteiger partial charge < -0.3 is 20.3 Å². The summed E-state index contributed by atoms with van der Waals surface area (Å²) in [4.78, 5) is 24.5. The fourth-order valence-corrected chi connectivity index (χ4v) is 9.51. The molecular weight excluding hydrogens is 839 g/mol. The molecule has 6 nitrogen and oxygen atoms in total. The van der Waals surface area contributed by atoms with Gasteiger partial charge >= 0.3 is 5.97 Å². The predicted molar refractivity (Wildman–Crippen MR) is 296 cm³/mol. The van der Waals surface area contributed by atoms with Crippen LogP contribution in [0.3, 0.4) is 0 Å². The Bertz CT molecular complexity index is 1060. The molecule has 0 spiro atoms. The molecule has 0 rings (SSSR count). The molecule has 0 aromatic carbocycles. The Hall–Kier alpha value is -1.66. The minimum Gasteiger partial charge on any atom is -0.466 e. The molecule has 2 atom stereocenters. The normalized spacial score (nSPS) is 12.7. The lowest BCUT2D eigenvalue weighted by Crippen LogP contribution is -2.45. The first-order valence-electron chi connectivity index (χ1n) is 30.6. The van der Waals surface area contributed by atoms with Crippen molar-refractivity contribution in [3.05, 3.63) is 24.3 Å². The minimum absolute atomic E-state index is 0.00435. The average molecular weight is 959 g/mol. The molecule has 0 saturated carbocycles. The second-order valence-corrected chi connectivity index (χ2v) is 21.0. The van der Waals surface area contributed by atoms with Crippen LogP contribution in [0.2, 0.25) is 0 Å². The molecule has 0 aliphatic heterocycles. The van der Waals surface area contributed by atoms with Crippen molar-refractivity contribution in [3.8, 4) is 0 Å². The second kappa shape index (κ2) is 57.9. The molecule has 0 aliphatic carbocycles. The van der Waals surface area contributed by atoms with E-state index >= 15 is 0 Å². The molecule has 0 aliphatic rings. The smallest absolute Gasteiger partial charge is 0.305 e. The molecular formula is C62H119NO5. The quantitative estimate of drug-likeness (QED) is 0.0321. The fourth-order valence-electron chi connectivity index (χ4n) is 9.51. The molecule has 0 radical (unpaired) electrons. The van der Waals surface area contributed by atoms with Crippen LogP contribution < -0.4 is 5.32 Å². The summed E-state index contributed by atoms with van der Waals surface area (Å²) in [6.07, 6.45) is 70.4. The largest absolute Gasteiger partial charge is 0.466 e. The van der Waals surface area contributed by atoms with E-state index in [0.717, 1.165) is 44.9 Å². The molecule has 2 unspecified atom stereocenters. The second-order valence-electron chi connectivity index (χ2n) is 21.0. The zero-order valence-corrected chi connectivity index (χ0v) is 45.9. The number of allylic oxidation sites excluding steroid dienone is 4. The van der Waals surface area contributed by atoms with E-state index in [1.165, 1.54) is 257 Å². The van der Waals surface area contributed by atoms with E-state index < -0.39 is 12.1 Å². The van der Waals surface area contributed by atoms with Gasteiger partial charge in [0.1, 0.15) is 0 Å². The number of carbonyl (C=O) groups is 2. The zero-order chi connectivity index (χ0) is 49.3. The van der Waals surface area contributed by atoms with Crippen molar-refractivity contribution < 1.29 is 24.5 Å². The highest BCUT2D eigenvalue weighted by Gasteiger charge is 2.20. The Morgan fingerprint density at radius 2 is 0.691 bits per heavy atom. The van der Waals surface area contributed by atoms with Crippen molar-refractivity contribution in [1.29, 1.82) is 0 Å². The number of rotatable bonds is 57. The lowest BCUT2D eigenvalue weighted by Gasteiger charge is -2.22. The van der Waals surface area contributed by atoms with Crippen LogP contribution in [0.25, 0.3) is 0 Å². The Morgan fingerprint density at radius 1 is 0.397 bits per heavy atom. The molecule has 402 valence electrons. The molecule has 1 amide bonds. The van der Waals surface area contributed by atoms with Crippen LogP contribution in [-0.2, 0) is 14.3 Å². The third-order valence-electron chi connectivity index (χ3n) is 14.2. The van der Waals surface area contributed by atoms with E-state index in [-0.39, 0.29) is 18.5 Å². The van der Waals surface area contributed by atoms with Gasteiger partial charge in [-0.05, 0) is 77.0 Å². The number of esters is 1. The molecule has 0 fully saturated rings. The van der Waals surface area contributed by atoms with Crippen molar-refractivity contribution in [2.45, 2.75) is 347 Å². The van der Waals surface area contributed by atoms with Gasteiger partial charge in [0.15, 0.2) is 0 Å². The topological polar surface area (TPSA) is 95.9 Å². The Balaban J connectivity index is 3.39. The van der Waals surface area contributed by atoms with Crippen LogP contribution in [0.1, 0.15) is 335 Å². The summed E-state index contributed by atoms with van der Waals surface area (Å²) in [6, 6.07) is -0.545. The van der Waals surface area contributed by atoms with Crippen LogP contribution in [0.5, 0.6) is 0 Å². The summed E-state index contributed by atoms with van der Waals surface area (Å²) in [5.74, 6) is -0.0367. The van der Waals surface area contributed by atoms with Gasteiger partial charge in [-0.1, -0.05) is 269 Å². The predicted octanol–water partition coefficient (Wildman–Crippen LogP) is 19.0. The maximum Gasteiger partial charge on any atom is 0.305 e. The van der Waals surface area contributed by atoms with Gasteiger partial charge in [0.05, 0.1) is 25.4 Å². The van der Waals surface area contributed by atoms with Crippen molar-refractivity contribution in [2.75, 3.05) is 13.2 Å². The lowest BCUT2D eigenvalue weighted by atomic mass is 10.0. The number of hydrogen-bond donors (Lipinski definition) is 3. The number of carbonyl (C=O) groups excluding carboxylic acids is 2. The molecule has 0 saturated heterocycles. The van der Waals surface area contributed by atoms with E-state index in [0.29, 0.717) is 25.9 Å². The summed E-state index contributed by atoms with van der Waals surface area (Å²) in [5.41, 5.74) is 0. The zero-order valence-electron chi connectivity index (χ0n) is 45.9. The molecule has 0 bridgehead atoms. The van der Waals surface area contributed by atoms with Gasteiger partial charge in [0.25, 0.3) is 0 Å². The van der Waals surface area contributed by atoms with E-state index in [1.54, 1.807) is 0 Å². The molecule has 6 heteroatoms. The average Bonchev–Trinajstić information content (AvgIpc) is 3.34. The van der Waals surface area contributed by atoms with Crippen LogP contribution in [0.15, 0.2) is 24.3 Å². The summed E-state index contributed by atoms with van der Waals surface area (Å²) in [5, 5.41) is 23.2. The standard InChI is InChI=1S/C62H119NO5/c1-3-5-7-9-11-13-15-17-18-29-32-36-40-44-48-52-56-62(67)68-57-53-49-45-41-37-33-30-27-25-23-21-19-20-22-24-26-28-31-35-39-43-47-51-55-61(66)63-59(58-64)60(65)54-50-46-42-38-34-16-14-12-10-8-6-4-2/h18,22,24,29,59-60,64-65H,3-17,19-21,23,25-28,30-58H2,1-2H3,(H,63,66)/b24-22-,29-18-. The maximum absolute atomic E-state index is 12.4. The molecule has 68 heavy (non-hydrogen) atoms. The highest BCUT2D eigenvalue weighted by Crippen LogP contribution is 2.17. The maximum atomic E-state index is 12.4. The lowest BCUT2D eigenvalue weighted by molar-refractivity contribution is -0.143. The van der Waals surface area contributed by atoms with Gasteiger partial charge in [0.2, 0.25) is 5.91 Å². The van der Waals surface area contributed by atoms with E-state index in [4.69, 9.17) is 4.74 Å². The van der Waals surface area contributed by atoms with E-state index in [9.17, 15) is 19.8 Å². The van der Waals surface area contributed by atoms with Crippen molar-refractivity contribution >= 4 is 11.9 Å². The van der Waals surface area contributed by atoms with Crippen LogP contribution in [0, 0.1) is 0 Å². The van der Waals surface area contributed by atoms with E-state index in [1.807, 2.05) is 0 Å². The number of nitrogens with one attached hydrogen (secondary N) is 1. The third kappa shape index (κ3) is 53.7. The number of aliphatic hydroxyl groups excluding tert-OH is 2. The SMILES string of the molecule is CCCCCCCCC/C=C\CCCCCCCC(=O)OCCCCCCCCCCCCCC/C=C\CCCCCCCCCC(=O)NC(CO)C(O)CCCCCCCCCCCCCC. The van der Waals surface area contributed by atoms with Gasteiger partial charge in [-0.2, -0.15) is 0 Å². The first-order valence-corrected chi connectivity index (χ1v) is 30.6. The van der Waals surface area contributed by atoms with Crippen LogP contribution in [-0.4, -0.2) is 47.4 Å². The summed E-state index contributed by atoms with van der Waals surface area (Å²) in [7, 11) is 0. The Kier molecular flexibility index (Phi) is 56.5. The van der Waals surface area contributed by atoms with Crippen LogP contribution >= 0.6 is 0 Å². The minimum atomic E-state index is -0.667. The van der Waals surface area contributed by atoms with Crippen molar-refractivity contribution in [3.63, 3.8) is 0 Å². The Morgan fingerprint density at radius 3 is 1.04 bits per heavy atom. The van der Waals surface area contributed by atoms with E-state index in [2.05, 4.69) is 43.5 Å². The van der Waals surface area contributed by atoms with Crippen molar-refractivity contribution in [2.24, 2.45) is 0 Å². The van der Waals surface area contributed by atoms with Crippen LogP contribution in [0.4, 0.5) is 0 Å². The van der Waals surface area contributed by atoms with Gasteiger partial charge in [-0.15, -0.1) is 0 Å². The molecule has 0 aromatic heterocycles. The monoisotopic (exact) mass is 958 g/mol. The van der Waals surface area contributed by atoms with Gasteiger partial charge in [-0.3, -0.25) is 9.59 Å². The van der Waals surface area contributed by atoms with Gasteiger partial charge in [-0.25, -0.2) is 0 Å². The first-order chi connectivity index (χ1) is 33.5. The first kappa shape index (κ1) is 66.3. The van der Waals surface area contributed by atoms with Gasteiger partial charge in [0, 0.05) is 12.8 Å². The Labute approximate surface area is 424 Å². The summed E-state index contributed by atoms with van der Waals surface area (Å²) >= 11 is 0. The number of ether oxygens (including phenoxy) is 1. The summed E-state index contributed by atoms with van der Waals surface area (Å²) in [6.45, 7) is 4.95. The summed E-state index contributed by atoms with van der Waals surface area (Å²) < 4.78 is 5.48. The molecule has 0 aromatic rings. The number of amides is 1. The molecule has 3 N–H and O–H groups in total. The highest BCUT2D eigenvalue weighted by molar-refractivity contribution is 5.76. The number of aliphatic hydroxyl groups is 2.